The summed E-state index contributed by atoms with van der Waals surface area (Å²) in [5, 5.41) is 10.7. The van der Waals surface area contributed by atoms with Gasteiger partial charge in [-0.1, -0.05) is 15.9 Å². The van der Waals surface area contributed by atoms with Crippen LogP contribution < -0.4 is 10.5 Å². The van der Waals surface area contributed by atoms with Crippen LogP contribution in [0.25, 0.3) is 0 Å². The highest BCUT2D eigenvalue weighted by molar-refractivity contribution is 9.10. The molecule has 1 aromatic carbocycles. The molecule has 0 bridgehead atoms. The standard InChI is InChI=1S/C14H15BrN2O4/c1-7-6-9(15)8(2)12(14(7)20-3)13(16)10-4-5-11(21-10)17(18)19/h4-6,13H,16H2,1-3H3. The molecule has 21 heavy (non-hydrogen) atoms. The fourth-order valence-corrected chi connectivity index (χ4v) is 2.83. The first-order chi connectivity index (χ1) is 9.86. The molecule has 0 radical (unpaired) electrons. The molecule has 2 rings (SSSR count). The monoisotopic (exact) mass is 354 g/mol. The first-order valence-corrected chi connectivity index (χ1v) is 6.99. The first-order valence-electron chi connectivity index (χ1n) is 6.20. The summed E-state index contributed by atoms with van der Waals surface area (Å²) in [6, 6.07) is 4.10. The maximum atomic E-state index is 10.7. The molecule has 6 nitrogen and oxygen atoms in total. The van der Waals surface area contributed by atoms with Crippen LogP contribution in [0.5, 0.6) is 5.75 Å². The van der Waals surface area contributed by atoms with Crippen LogP contribution >= 0.6 is 15.9 Å². The number of methoxy groups -OCH3 is 1. The number of halogens is 1. The topological polar surface area (TPSA) is 91.5 Å². The maximum absolute atomic E-state index is 10.7. The number of hydrogen-bond donors (Lipinski definition) is 1. The zero-order chi connectivity index (χ0) is 15.7. The van der Waals surface area contributed by atoms with Gasteiger partial charge in [-0.25, -0.2) is 0 Å². The van der Waals surface area contributed by atoms with Gasteiger partial charge in [-0.05, 0) is 37.1 Å². The van der Waals surface area contributed by atoms with Crippen molar-refractivity contribution in [3.63, 3.8) is 0 Å². The zero-order valence-corrected chi connectivity index (χ0v) is 13.4. The van der Waals surface area contributed by atoms with Crippen molar-refractivity contribution in [3.8, 4) is 5.75 Å². The van der Waals surface area contributed by atoms with Gasteiger partial charge in [-0.3, -0.25) is 10.1 Å². The summed E-state index contributed by atoms with van der Waals surface area (Å²) in [5.74, 6) is 0.645. The minimum atomic E-state index is -0.648. The van der Waals surface area contributed by atoms with Gasteiger partial charge in [0.1, 0.15) is 16.4 Å². The Balaban J connectivity index is 2.56. The van der Waals surface area contributed by atoms with Gasteiger partial charge in [0, 0.05) is 10.0 Å². The van der Waals surface area contributed by atoms with Crippen LogP contribution in [0.15, 0.2) is 27.1 Å². The molecule has 0 amide bonds. The van der Waals surface area contributed by atoms with E-state index >= 15 is 0 Å². The normalized spacial score (nSPS) is 12.2. The summed E-state index contributed by atoms with van der Waals surface area (Å²) in [6.45, 7) is 3.81. The van der Waals surface area contributed by atoms with E-state index in [2.05, 4.69) is 15.9 Å². The number of nitrogens with two attached hydrogens (primary N) is 1. The Hall–Kier alpha value is -1.86. The molecule has 1 atom stereocenters. The molecule has 2 N–H and O–H groups in total. The van der Waals surface area contributed by atoms with E-state index in [1.165, 1.54) is 12.1 Å². The summed E-state index contributed by atoms with van der Waals surface area (Å²) in [5.41, 5.74) is 8.80. The minimum absolute atomic E-state index is 0.320. The lowest BCUT2D eigenvalue weighted by molar-refractivity contribution is -0.402. The van der Waals surface area contributed by atoms with E-state index in [-0.39, 0.29) is 5.88 Å². The summed E-state index contributed by atoms with van der Waals surface area (Å²) in [6.07, 6.45) is 0. The molecule has 7 heteroatoms. The van der Waals surface area contributed by atoms with E-state index in [4.69, 9.17) is 14.9 Å². The van der Waals surface area contributed by atoms with Crippen molar-refractivity contribution in [1.82, 2.24) is 0 Å². The number of ether oxygens (including phenoxy) is 1. The van der Waals surface area contributed by atoms with Crippen LogP contribution in [-0.4, -0.2) is 12.0 Å². The predicted octanol–water partition coefficient (Wildman–Crippen LogP) is 3.62. The number of aryl methyl sites for hydroxylation is 1. The van der Waals surface area contributed by atoms with Gasteiger partial charge >= 0.3 is 5.88 Å². The molecule has 112 valence electrons. The Morgan fingerprint density at radius 3 is 2.62 bits per heavy atom. The quantitative estimate of drug-likeness (QED) is 0.668. The van der Waals surface area contributed by atoms with Gasteiger partial charge in [-0.2, -0.15) is 0 Å². The van der Waals surface area contributed by atoms with Crippen LogP contribution in [0.3, 0.4) is 0 Å². The fourth-order valence-electron chi connectivity index (χ4n) is 2.27. The largest absolute Gasteiger partial charge is 0.496 e. The second-order valence-corrected chi connectivity index (χ2v) is 5.51. The maximum Gasteiger partial charge on any atom is 0.433 e. The second kappa shape index (κ2) is 5.87. The summed E-state index contributed by atoms with van der Waals surface area (Å²) in [4.78, 5) is 10.1. The van der Waals surface area contributed by atoms with Crippen molar-refractivity contribution in [2.75, 3.05) is 7.11 Å². The summed E-state index contributed by atoms with van der Waals surface area (Å²) < 4.78 is 11.5. The molecule has 1 aromatic heterocycles. The smallest absolute Gasteiger partial charge is 0.433 e. The average molecular weight is 355 g/mol. The number of rotatable bonds is 4. The molecule has 1 heterocycles. The van der Waals surface area contributed by atoms with Crippen molar-refractivity contribution in [2.24, 2.45) is 5.73 Å². The van der Waals surface area contributed by atoms with E-state index in [0.29, 0.717) is 11.5 Å². The van der Waals surface area contributed by atoms with E-state index in [1.807, 2.05) is 19.9 Å². The van der Waals surface area contributed by atoms with E-state index in [0.717, 1.165) is 21.2 Å². The Morgan fingerprint density at radius 1 is 1.43 bits per heavy atom. The third-order valence-electron chi connectivity index (χ3n) is 3.32. The summed E-state index contributed by atoms with van der Waals surface area (Å²) in [7, 11) is 1.57. The average Bonchev–Trinajstić information content (AvgIpc) is 2.91. The molecule has 0 aliphatic carbocycles. The Labute approximate surface area is 130 Å². The van der Waals surface area contributed by atoms with Crippen LogP contribution in [0, 0.1) is 24.0 Å². The Morgan fingerprint density at radius 2 is 2.10 bits per heavy atom. The van der Waals surface area contributed by atoms with Gasteiger partial charge in [0.15, 0.2) is 0 Å². The van der Waals surface area contributed by atoms with Crippen LogP contribution in [-0.2, 0) is 0 Å². The van der Waals surface area contributed by atoms with E-state index < -0.39 is 11.0 Å². The Kier molecular flexibility index (Phi) is 4.34. The van der Waals surface area contributed by atoms with Crippen LogP contribution in [0.1, 0.15) is 28.5 Å². The molecule has 0 aliphatic heterocycles. The molecule has 0 saturated carbocycles. The van der Waals surface area contributed by atoms with Gasteiger partial charge in [0.05, 0.1) is 19.2 Å². The molecular formula is C14H15BrN2O4. The van der Waals surface area contributed by atoms with Crippen molar-refractivity contribution >= 4 is 21.8 Å². The van der Waals surface area contributed by atoms with Gasteiger partial charge in [0.2, 0.25) is 0 Å². The Bertz CT molecular complexity index is 697. The zero-order valence-electron chi connectivity index (χ0n) is 11.8. The lowest BCUT2D eigenvalue weighted by Crippen LogP contribution is -2.15. The van der Waals surface area contributed by atoms with Crippen molar-refractivity contribution < 1.29 is 14.1 Å². The lowest BCUT2D eigenvalue weighted by atomic mass is 9.96. The number of benzene rings is 1. The molecule has 0 spiro atoms. The van der Waals surface area contributed by atoms with Crippen LogP contribution in [0.4, 0.5) is 5.88 Å². The van der Waals surface area contributed by atoms with E-state index in [9.17, 15) is 10.1 Å². The summed E-state index contributed by atoms with van der Waals surface area (Å²) >= 11 is 3.48. The fraction of sp³-hybridized carbons (Fsp3) is 0.286. The molecular weight excluding hydrogens is 340 g/mol. The van der Waals surface area contributed by atoms with Crippen molar-refractivity contribution in [3.05, 3.63) is 55.2 Å². The minimum Gasteiger partial charge on any atom is -0.496 e. The molecule has 2 aromatic rings. The van der Waals surface area contributed by atoms with Gasteiger partial charge in [0.25, 0.3) is 0 Å². The van der Waals surface area contributed by atoms with E-state index in [1.54, 1.807) is 7.11 Å². The molecule has 0 saturated heterocycles. The number of nitrogens with zero attached hydrogens (tertiary/aromatic N) is 1. The predicted molar refractivity (Wildman–Crippen MR) is 81.6 cm³/mol. The highest BCUT2D eigenvalue weighted by Crippen LogP contribution is 2.38. The molecule has 0 aliphatic rings. The molecule has 0 fully saturated rings. The number of nitro groups is 1. The second-order valence-electron chi connectivity index (χ2n) is 4.66. The SMILES string of the molecule is COc1c(C)cc(Br)c(C)c1C(N)c1ccc([N+](=O)[O-])o1. The van der Waals surface area contributed by atoms with Crippen LogP contribution in [0.2, 0.25) is 0 Å². The van der Waals surface area contributed by atoms with Gasteiger partial charge in [-0.15, -0.1) is 0 Å². The highest BCUT2D eigenvalue weighted by atomic mass is 79.9. The molecule has 1 unspecified atom stereocenters. The van der Waals surface area contributed by atoms with Gasteiger partial charge < -0.3 is 14.9 Å². The van der Waals surface area contributed by atoms with Crippen molar-refractivity contribution in [2.45, 2.75) is 19.9 Å². The lowest BCUT2D eigenvalue weighted by Gasteiger charge is -2.19. The third-order valence-corrected chi connectivity index (χ3v) is 4.15. The number of hydrogen-bond acceptors (Lipinski definition) is 5. The highest BCUT2D eigenvalue weighted by Gasteiger charge is 2.24. The van der Waals surface area contributed by atoms with Crippen molar-refractivity contribution in [1.29, 1.82) is 0 Å². The number of furan rings is 1. The third kappa shape index (κ3) is 2.79. The first kappa shape index (κ1) is 15.5.